The van der Waals surface area contributed by atoms with E-state index in [1.807, 2.05) is 0 Å². The molecule has 1 fully saturated rings. The Morgan fingerprint density at radius 3 is 2.94 bits per heavy atom. The largest absolute Gasteiger partial charge is 0.330 e. The number of carbonyl (C=O) groups excluding carboxylic acids is 1. The molecule has 1 saturated heterocycles. The second kappa shape index (κ2) is 4.05. The monoisotopic (exact) mass is 222 g/mol. The number of nitrogens with one attached hydrogen (secondary N) is 1. The minimum Gasteiger partial charge on any atom is -0.330 e. The molecule has 0 spiro atoms. The van der Waals surface area contributed by atoms with E-state index in [1.54, 1.807) is 6.92 Å². The molecule has 6 heteroatoms. The average molecular weight is 222 g/mol. The van der Waals surface area contributed by atoms with Crippen molar-refractivity contribution < 1.29 is 4.79 Å². The number of rotatable bonds is 2. The Morgan fingerprint density at radius 2 is 2.38 bits per heavy atom. The van der Waals surface area contributed by atoms with Gasteiger partial charge in [0.25, 0.3) is 5.56 Å². The summed E-state index contributed by atoms with van der Waals surface area (Å²) in [7, 11) is 0. The zero-order valence-electron chi connectivity index (χ0n) is 9.06. The van der Waals surface area contributed by atoms with Crippen LogP contribution in [-0.2, 0) is 4.79 Å². The lowest BCUT2D eigenvalue weighted by atomic mass is 10.1. The predicted molar refractivity (Wildman–Crippen MR) is 59.1 cm³/mol. The van der Waals surface area contributed by atoms with Crippen LogP contribution in [0.2, 0.25) is 0 Å². The Labute approximate surface area is 92.5 Å². The van der Waals surface area contributed by atoms with E-state index >= 15 is 0 Å². The number of amides is 1. The van der Waals surface area contributed by atoms with Gasteiger partial charge in [-0.25, -0.2) is 4.98 Å². The molecule has 16 heavy (non-hydrogen) atoms. The van der Waals surface area contributed by atoms with Gasteiger partial charge in [-0.15, -0.1) is 0 Å². The Bertz CT molecular complexity index is 468. The molecular formula is C10H14N4O2. The summed E-state index contributed by atoms with van der Waals surface area (Å²) in [6.07, 6.45) is 0.435. The van der Waals surface area contributed by atoms with Gasteiger partial charge in [0.15, 0.2) is 0 Å². The van der Waals surface area contributed by atoms with Crippen LogP contribution < -0.4 is 16.2 Å². The molecule has 86 valence electrons. The van der Waals surface area contributed by atoms with Crippen molar-refractivity contribution in [1.82, 2.24) is 9.97 Å². The topological polar surface area (TPSA) is 92.1 Å². The average Bonchev–Trinajstić information content (AvgIpc) is 2.58. The van der Waals surface area contributed by atoms with Crippen molar-refractivity contribution in [2.75, 3.05) is 18.0 Å². The third kappa shape index (κ3) is 1.96. The number of aromatic nitrogens is 2. The zero-order valence-corrected chi connectivity index (χ0v) is 9.06. The van der Waals surface area contributed by atoms with Crippen molar-refractivity contribution in [3.8, 4) is 0 Å². The molecule has 0 aliphatic carbocycles. The summed E-state index contributed by atoms with van der Waals surface area (Å²) in [5, 5.41) is 0. The first kappa shape index (κ1) is 10.8. The van der Waals surface area contributed by atoms with Gasteiger partial charge in [-0.1, -0.05) is 0 Å². The highest BCUT2D eigenvalue weighted by atomic mass is 16.2. The highest BCUT2D eigenvalue weighted by molar-refractivity contribution is 5.94. The third-order valence-electron chi connectivity index (χ3n) is 2.66. The van der Waals surface area contributed by atoms with E-state index in [0.29, 0.717) is 31.2 Å². The Hall–Kier alpha value is -1.69. The van der Waals surface area contributed by atoms with Gasteiger partial charge in [0.05, 0.1) is 0 Å². The molecule has 1 unspecified atom stereocenters. The van der Waals surface area contributed by atoms with Crippen molar-refractivity contribution in [3.63, 3.8) is 0 Å². The van der Waals surface area contributed by atoms with Crippen LogP contribution >= 0.6 is 0 Å². The number of hydrogen-bond acceptors (Lipinski definition) is 4. The van der Waals surface area contributed by atoms with Crippen LogP contribution in [-0.4, -0.2) is 29.0 Å². The number of anilines is 1. The highest BCUT2D eigenvalue weighted by Gasteiger charge is 2.30. The van der Waals surface area contributed by atoms with Crippen molar-refractivity contribution in [2.24, 2.45) is 11.7 Å². The summed E-state index contributed by atoms with van der Waals surface area (Å²) in [4.78, 5) is 31.2. The van der Waals surface area contributed by atoms with Crippen molar-refractivity contribution in [2.45, 2.75) is 13.3 Å². The number of aryl methyl sites for hydroxylation is 1. The lowest BCUT2D eigenvalue weighted by Crippen LogP contribution is -2.28. The van der Waals surface area contributed by atoms with E-state index in [9.17, 15) is 9.59 Å². The second-order valence-electron chi connectivity index (χ2n) is 4.00. The molecule has 1 aromatic heterocycles. The Morgan fingerprint density at radius 1 is 1.62 bits per heavy atom. The molecular weight excluding hydrogens is 208 g/mol. The predicted octanol–water partition coefficient (Wildman–Crippen LogP) is -0.610. The van der Waals surface area contributed by atoms with Gasteiger partial charge < -0.3 is 10.7 Å². The van der Waals surface area contributed by atoms with Crippen molar-refractivity contribution in [1.29, 1.82) is 0 Å². The molecule has 0 radical (unpaired) electrons. The molecule has 2 heterocycles. The van der Waals surface area contributed by atoms with Gasteiger partial charge in [-0.3, -0.25) is 14.5 Å². The van der Waals surface area contributed by atoms with Crippen molar-refractivity contribution >= 4 is 11.7 Å². The number of hydrogen-bond donors (Lipinski definition) is 2. The fraction of sp³-hybridized carbons (Fsp3) is 0.500. The van der Waals surface area contributed by atoms with E-state index in [-0.39, 0.29) is 17.4 Å². The molecule has 2 rings (SSSR count). The van der Waals surface area contributed by atoms with E-state index in [1.165, 1.54) is 11.0 Å². The minimum atomic E-state index is -0.244. The number of nitrogens with two attached hydrogens (primary N) is 1. The van der Waals surface area contributed by atoms with Gasteiger partial charge in [0.1, 0.15) is 11.6 Å². The quantitative estimate of drug-likeness (QED) is 0.698. The highest BCUT2D eigenvalue weighted by Crippen LogP contribution is 2.21. The molecule has 0 aromatic carbocycles. The van der Waals surface area contributed by atoms with Crippen LogP contribution in [0.3, 0.4) is 0 Å². The maximum Gasteiger partial charge on any atom is 0.252 e. The Balaban J connectivity index is 2.31. The van der Waals surface area contributed by atoms with Crippen LogP contribution in [0.5, 0.6) is 0 Å². The van der Waals surface area contributed by atoms with Gasteiger partial charge in [0, 0.05) is 19.0 Å². The van der Waals surface area contributed by atoms with E-state index in [0.717, 1.165) is 0 Å². The van der Waals surface area contributed by atoms with Gasteiger partial charge >= 0.3 is 0 Å². The molecule has 1 aliphatic rings. The molecule has 6 nitrogen and oxygen atoms in total. The summed E-state index contributed by atoms with van der Waals surface area (Å²) in [5.74, 6) is 1.07. The summed E-state index contributed by atoms with van der Waals surface area (Å²) >= 11 is 0. The van der Waals surface area contributed by atoms with Gasteiger partial charge in [0.2, 0.25) is 5.91 Å². The van der Waals surface area contributed by atoms with Crippen LogP contribution in [0.4, 0.5) is 5.82 Å². The standard InChI is InChI=1S/C10H14N4O2/c1-6-12-8(3-9(15)13-6)14-5-7(4-11)2-10(14)16/h3,7H,2,4-5,11H2,1H3,(H,12,13,15). The van der Waals surface area contributed by atoms with E-state index in [2.05, 4.69) is 9.97 Å². The van der Waals surface area contributed by atoms with Gasteiger partial charge in [-0.2, -0.15) is 0 Å². The van der Waals surface area contributed by atoms with Crippen LogP contribution in [0.15, 0.2) is 10.9 Å². The molecule has 0 saturated carbocycles. The fourth-order valence-corrected chi connectivity index (χ4v) is 1.86. The molecule has 1 aliphatic heterocycles. The molecule has 1 aromatic rings. The molecule has 1 atom stereocenters. The van der Waals surface area contributed by atoms with Crippen molar-refractivity contribution in [3.05, 3.63) is 22.2 Å². The first-order chi connectivity index (χ1) is 7.60. The molecule has 1 amide bonds. The Kier molecular flexibility index (Phi) is 2.74. The smallest absolute Gasteiger partial charge is 0.252 e. The maximum atomic E-state index is 11.7. The lowest BCUT2D eigenvalue weighted by Gasteiger charge is -2.15. The fourth-order valence-electron chi connectivity index (χ4n) is 1.86. The number of nitrogens with zero attached hydrogens (tertiary/aromatic N) is 2. The zero-order chi connectivity index (χ0) is 11.7. The number of H-pyrrole nitrogens is 1. The van der Waals surface area contributed by atoms with E-state index < -0.39 is 0 Å². The number of carbonyl (C=O) groups is 1. The second-order valence-corrected chi connectivity index (χ2v) is 4.00. The minimum absolute atomic E-state index is 0.0204. The van der Waals surface area contributed by atoms with Gasteiger partial charge in [-0.05, 0) is 19.4 Å². The molecule has 0 bridgehead atoms. The SMILES string of the molecule is Cc1nc(N2CC(CN)CC2=O)cc(=O)[nH]1. The van der Waals surface area contributed by atoms with E-state index in [4.69, 9.17) is 5.73 Å². The van der Waals surface area contributed by atoms with Crippen LogP contribution in [0.25, 0.3) is 0 Å². The summed E-state index contributed by atoms with van der Waals surface area (Å²) < 4.78 is 0. The van der Waals surface area contributed by atoms with Crippen LogP contribution in [0.1, 0.15) is 12.2 Å². The summed E-state index contributed by atoms with van der Waals surface area (Å²) in [6.45, 7) is 2.71. The first-order valence-electron chi connectivity index (χ1n) is 5.18. The summed E-state index contributed by atoms with van der Waals surface area (Å²) in [5.41, 5.74) is 5.28. The first-order valence-corrected chi connectivity index (χ1v) is 5.18. The third-order valence-corrected chi connectivity index (χ3v) is 2.66. The molecule has 3 N–H and O–H groups in total. The number of aromatic amines is 1. The normalized spacial score (nSPS) is 20.5. The maximum absolute atomic E-state index is 11.7. The van der Waals surface area contributed by atoms with Crippen LogP contribution in [0, 0.1) is 12.8 Å². The lowest BCUT2D eigenvalue weighted by molar-refractivity contribution is -0.117. The summed E-state index contributed by atoms with van der Waals surface area (Å²) in [6, 6.07) is 1.34.